The molecule has 3 heterocycles. The summed E-state index contributed by atoms with van der Waals surface area (Å²) in [7, 11) is 0. The van der Waals surface area contributed by atoms with E-state index < -0.39 is 0 Å². The molecule has 2 aliphatic heterocycles. The van der Waals surface area contributed by atoms with E-state index in [4.69, 9.17) is 44.6 Å². The highest BCUT2D eigenvalue weighted by atomic mass is 35.5. The first kappa shape index (κ1) is 19.9. The Balaban J connectivity index is 1.50. The molecule has 2 aliphatic rings. The van der Waals surface area contributed by atoms with Crippen molar-refractivity contribution in [1.29, 1.82) is 0 Å². The van der Waals surface area contributed by atoms with Crippen LogP contribution in [0.25, 0.3) is 17.4 Å². The van der Waals surface area contributed by atoms with E-state index in [9.17, 15) is 4.79 Å². The lowest BCUT2D eigenvalue weighted by atomic mass is 10.2. The summed E-state index contributed by atoms with van der Waals surface area (Å²) < 4.78 is 11.8. The Labute approximate surface area is 182 Å². The van der Waals surface area contributed by atoms with Crippen molar-refractivity contribution in [2.24, 2.45) is 0 Å². The topological polar surface area (TPSA) is 45.9 Å². The Hall–Kier alpha value is -1.35. The molecule has 5 nitrogen and oxygen atoms in total. The minimum atomic E-state index is -0.107. The Morgan fingerprint density at radius 2 is 1.96 bits per heavy atom. The van der Waals surface area contributed by atoms with Gasteiger partial charge in [-0.1, -0.05) is 47.2 Å². The molecule has 1 aromatic heterocycles. The minimum Gasteiger partial charge on any atom is -0.457 e. The summed E-state index contributed by atoms with van der Waals surface area (Å²) in [5, 5.41) is 1.06. The maximum absolute atomic E-state index is 12.8. The molecule has 0 saturated carbocycles. The SMILES string of the molecule is O=C1/C(=C\c2ccc(-c3ccc(Cl)cc3Cl)o2)SC(=S)N1CN1CCOCC1. The zero-order chi connectivity index (χ0) is 19.7. The Morgan fingerprint density at radius 1 is 1.18 bits per heavy atom. The molecule has 4 rings (SSSR count). The summed E-state index contributed by atoms with van der Waals surface area (Å²) in [5.41, 5.74) is 0.741. The van der Waals surface area contributed by atoms with E-state index in [-0.39, 0.29) is 5.91 Å². The van der Waals surface area contributed by atoms with E-state index >= 15 is 0 Å². The van der Waals surface area contributed by atoms with E-state index in [1.165, 1.54) is 11.8 Å². The van der Waals surface area contributed by atoms with Crippen molar-refractivity contribution in [1.82, 2.24) is 9.80 Å². The van der Waals surface area contributed by atoms with Gasteiger partial charge in [0.05, 0.1) is 29.8 Å². The van der Waals surface area contributed by atoms with E-state index in [2.05, 4.69) is 4.90 Å². The van der Waals surface area contributed by atoms with E-state index in [0.717, 1.165) is 18.7 Å². The molecule has 0 atom stereocenters. The maximum atomic E-state index is 12.8. The minimum absolute atomic E-state index is 0.107. The third kappa shape index (κ3) is 4.30. The van der Waals surface area contributed by atoms with Crippen LogP contribution in [-0.2, 0) is 9.53 Å². The second-order valence-corrected chi connectivity index (χ2v) is 8.83. The second-order valence-electron chi connectivity index (χ2n) is 6.31. The van der Waals surface area contributed by atoms with Crippen LogP contribution in [0.1, 0.15) is 5.76 Å². The Kier molecular flexibility index (Phi) is 6.10. The van der Waals surface area contributed by atoms with Crippen molar-refractivity contribution < 1.29 is 13.9 Å². The third-order valence-corrected chi connectivity index (χ3v) is 6.34. The monoisotopic (exact) mass is 454 g/mol. The van der Waals surface area contributed by atoms with Gasteiger partial charge in [0.2, 0.25) is 0 Å². The molecule has 2 aromatic rings. The van der Waals surface area contributed by atoms with Gasteiger partial charge < -0.3 is 9.15 Å². The van der Waals surface area contributed by atoms with Gasteiger partial charge in [0, 0.05) is 29.8 Å². The molecule has 2 fully saturated rings. The van der Waals surface area contributed by atoms with Gasteiger partial charge in [-0.05, 0) is 30.3 Å². The van der Waals surface area contributed by atoms with Crippen LogP contribution in [0.15, 0.2) is 39.7 Å². The molecule has 0 N–H and O–H groups in total. The molecular formula is C19H16Cl2N2O3S2. The molecule has 28 heavy (non-hydrogen) atoms. The van der Waals surface area contributed by atoms with Gasteiger partial charge >= 0.3 is 0 Å². The first-order valence-corrected chi connectivity index (χ1v) is 10.6. The molecule has 1 aromatic carbocycles. The van der Waals surface area contributed by atoms with Crippen molar-refractivity contribution in [3.63, 3.8) is 0 Å². The van der Waals surface area contributed by atoms with Gasteiger partial charge in [-0.3, -0.25) is 14.6 Å². The van der Waals surface area contributed by atoms with Crippen molar-refractivity contribution in [3.05, 3.63) is 51.0 Å². The summed E-state index contributed by atoms with van der Waals surface area (Å²) in [6.07, 6.45) is 1.71. The summed E-state index contributed by atoms with van der Waals surface area (Å²) in [4.78, 5) is 17.1. The van der Waals surface area contributed by atoms with Crippen LogP contribution in [0.3, 0.4) is 0 Å². The largest absolute Gasteiger partial charge is 0.457 e. The molecule has 9 heteroatoms. The molecule has 146 valence electrons. The molecule has 0 bridgehead atoms. The van der Waals surface area contributed by atoms with Gasteiger partial charge in [0.25, 0.3) is 5.91 Å². The summed E-state index contributed by atoms with van der Waals surface area (Å²) in [6, 6.07) is 8.83. The van der Waals surface area contributed by atoms with Gasteiger partial charge in [-0.15, -0.1) is 0 Å². The fraction of sp³-hybridized carbons (Fsp3) is 0.263. The van der Waals surface area contributed by atoms with Crippen molar-refractivity contribution in [2.75, 3.05) is 33.0 Å². The highest BCUT2D eigenvalue weighted by molar-refractivity contribution is 8.26. The smallest absolute Gasteiger partial charge is 0.267 e. The second kappa shape index (κ2) is 8.57. The van der Waals surface area contributed by atoms with Gasteiger partial charge in [0.15, 0.2) is 0 Å². The quantitative estimate of drug-likeness (QED) is 0.490. The van der Waals surface area contributed by atoms with Crippen LogP contribution >= 0.6 is 47.2 Å². The molecule has 0 aliphatic carbocycles. The summed E-state index contributed by atoms with van der Waals surface area (Å²) in [5.74, 6) is 1.06. The number of thioether (sulfide) groups is 1. The normalized spacial score (nSPS) is 19.8. The predicted molar refractivity (Wildman–Crippen MR) is 116 cm³/mol. The number of thiocarbonyl (C=S) groups is 1. The highest BCUT2D eigenvalue weighted by Gasteiger charge is 2.33. The first-order chi connectivity index (χ1) is 13.5. The number of hydrogen-bond donors (Lipinski definition) is 0. The predicted octanol–water partition coefficient (Wildman–Crippen LogP) is 4.74. The number of ether oxygens (including phenoxy) is 1. The van der Waals surface area contributed by atoms with E-state index in [0.29, 0.717) is 50.7 Å². The van der Waals surface area contributed by atoms with Gasteiger partial charge in [-0.2, -0.15) is 0 Å². The lowest BCUT2D eigenvalue weighted by molar-refractivity contribution is -0.124. The fourth-order valence-corrected chi connectivity index (χ4v) is 4.68. The van der Waals surface area contributed by atoms with Crippen LogP contribution in [0, 0.1) is 0 Å². The van der Waals surface area contributed by atoms with Crippen molar-refractivity contribution in [3.8, 4) is 11.3 Å². The van der Waals surface area contributed by atoms with E-state index in [1.807, 2.05) is 6.07 Å². The van der Waals surface area contributed by atoms with Crippen LogP contribution in [0.4, 0.5) is 0 Å². The Bertz CT molecular complexity index is 954. The Morgan fingerprint density at radius 3 is 2.71 bits per heavy atom. The number of carbonyl (C=O) groups excluding carboxylic acids is 1. The number of rotatable bonds is 4. The van der Waals surface area contributed by atoms with Gasteiger partial charge in [0.1, 0.15) is 15.8 Å². The van der Waals surface area contributed by atoms with Crippen LogP contribution in [-0.4, -0.2) is 53.0 Å². The number of nitrogens with zero attached hydrogens (tertiary/aromatic N) is 2. The third-order valence-electron chi connectivity index (χ3n) is 4.42. The van der Waals surface area contributed by atoms with Gasteiger partial charge in [-0.25, -0.2) is 0 Å². The average molecular weight is 455 g/mol. The zero-order valence-electron chi connectivity index (χ0n) is 14.7. The van der Waals surface area contributed by atoms with Crippen molar-refractivity contribution >= 4 is 63.5 Å². The maximum Gasteiger partial charge on any atom is 0.267 e. The zero-order valence-corrected chi connectivity index (χ0v) is 17.8. The fourth-order valence-electron chi connectivity index (χ4n) is 2.96. The number of benzene rings is 1. The lowest BCUT2D eigenvalue weighted by Gasteiger charge is -2.29. The summed E-state index contributed by atoms with van der Waals surface area (Å²) in [6.45, 7) is 3.41. The standard InChI is InChI=1S/C19H16Cl2N2O3S2/c20-12-1-3-14(15(21)9-12)16-4-2-13(26-16)10-17-18(24)23(19(27)28-17)11-22-5-7-25-8-6-22/h1-4,9-10H,5-8,11H2/b17-10+. The molecule has 0 radical (unpaired) electrons. The molecule has 0 spiro atoms. The molecular weight excluding hydrogens is 439 g/mol. The molecule has 2 saturated heterocycles. The first-order valence-electron chi connectivity index (χ1n) is 8.62. The van der Waals surface area contributed by atoms with Crippen LogP contribution in [0.5, 0.6) is 0 Å². The number of furan rings is 1. The number of amides is 1. The number of hydrogen-bond acceptors (Lipinski definition) is 6. The van der Waals surface area contributed by atoms with Crippen molar-refractivity contribution in [2.45, 2.75) is 0 Å². The molecule has 0 unspecified atom stereocenters. The summed E-state index contributed by atoms with van der Waals surface area (Å²) >= 11 is 18.9. The highest BCUT2D eigenvalue weighted by Crippen LogP contribution is 2.35. The number of carbonyl (C=O) groups is 1. The number of halogens is 2. The number of morpholine rings is 1. The lowest BCUT2D eigenvalue weighted by Crippen LogP contribution is -2.45. The van der Waals surface area contributed by atoms with E-state index in [1.54, 1.807) is 35.2 Å². The van der Waals surface area contributed by atoms with Crippen LogP contribution < -0.4 is 0 Å². The average Bonchev–Trinajstić information content (AvgIpc) is 3.23. The molecule has 1 amide bonds. The van der Waals surface area contributed by atoms with Crippen LogP contribution in [0.2, 0.25) is 10.0 Å².